The minimum atomic E-state index is -0.897. The largest absolute Gasteiger partial charge is 0.480 e. The molecular weight excluding hydrogens is 276 g/mol. The van der Waals surface area contributed by atoms with Crippen molar-refractivity contribution in [3.8, 4) is 0 Å². The summed E-state index contributed by atoms with van der Waals surface area (Å²) >= 11 is 1.61. The van der Waals surface area contributed by atoms with Crippen LogP contribution in [-0.4, -0.2) is 45.7 Å². The van der Waals surface area contributed by atoms with Crippen LogP contribution in [0.25, 0.3) is 0 Å². The van der Waals surface area contributed by atoms with Crippen LogP contribution in [0, 0.1) is 11.3 Å². The van der Waals surface area contributed by atoms with Gasteiger partial charge in [0, 0.05) is 12.3 Å². The Bertz CT molecular complexity index is 390. The Balaban J connectivity index is 1.94. The first-order valence-electron chi connectivity index (χ1n) is 7.20. The summed E-state index contributed by atoms with van der Waals surface area (Å²) in [6, 6.07) is -0.899. The average molecular weight is 300 g/mol. The van der Waals surface area contributed by atoms with Crippen LogP contribution in [0.1, 0.15) is 40.0 Å². The third kappa shape index (κ3) is 3.81. The van der Waals surface area contributed by atoms with E-state index < -0.39 is 12.0 Å². The van der Waals surface area contributed by atoms with Crippen LogP contribution in [-0.2, 0) is 4.79 Å². The second-order valence-electron chi connectivity index (χ2n) is 6.87. The molecule has 0 spiro atoms. The lowest BCUT2D eigenvalue weighted by atomic mass is 9.92. The van der Waals surface area contributed by atoms with Crippen LogP contribution in [0.4, 0.5) is 4.79 Å². The van der Waals surface area contributed by atoms with E-state index in [-0.39, 0.29) is 16.8 Å². The van der Waals surface area contributed by atoms with Crippen molar-refractivity contribution in [3.63, 3.8) is 0 Å². The fourth-order valence-electron chi connectivity index (χ4n) is 2.36. The summed E-state index contributed by atoms with van der Waals surface area (Å²) in [6.45, 7) is 6.96. The Hall–Kier alpha value is -0.910. The summed E-state index contributed by atoms with van der Waals surface area (Å²) in [5.41, 5.74) is 0.162. The van der Waals surface area contributed by atoms with Gasteiger partial charge in [-0.05, 0) is 30.6 Å². The SMILES string of the molecule is CC(C)(C)CCNC(=O)N1C(C(=O)O)CSC1C1CC1. The maximum absolute atomic E-state index is 12.3. The number of carboxylic acids is 1. The molecule has 0 radical (unpaired) electrons. The van der Waals surface area contributed by atoms with E-state index in [0.717, 1.165) is 19.3 Å². The van der Waals surface area contributed by atoms with E-state index >= 15 is 0 Å². The Morgan fingerprint density at radius 3 is 2.50 bits per heavy atom. The number of nitrogens with one attached hydrogen (secondary N) is 1. The van der Waals surface area contributed by atoms with Gasteiger partial charge in [-0.1, -0.05) is 20.8 Å². The molecule has 2 rings (SSSR count). The van der Waals surface area contributed by atoms with Crippen LogP contribution in [0.3, 0.4) is 0 Å². The molecule has 2 atom stereocenters. The minimum absolute atomic E-state index is 0.0470. The Morgan fingerprint density at radius 2 is 2.00 bits per heavy atom. The maximum Gasteiger partial charge on any atom is 0.327 e. The Morgan fingerprint density at radius 1 is 1.35 bits per heavy atom. The van der Waals surface area contributed by atoms with Gasteiger partial charge in [0.25, 0.3) is 0 Å². The molecule has 0 aromatic carbocycles. The van der Waals surface area contributed by atoms with E-state index in [2.05, 4.69) is 26.1 Å². The molecule has 5 nitrogen and oxygen atoms in total. The van der Waals surface area contributed by atoms with E-state index in [4.69, 9.17) is 0 Å². The first-order valence-corrected chi connectivity index (χ1v) is 8.25. The standard InChI is InChI=1S/C14H24N2O3S/c1-14(2,3)6-7-15-13(19)16-10(12(17)18)8-20-11(16)9-4-5-9/h9-11H,4-8H2,1-3H3,(H,15,19)(H,17,18). The minimum Gasteiger partial charge on any atom is -0.480 e. The predicted molar refractivity (Wildman–Crippen MR) is 79.7 cm³/mol. The lowest BCUT2D eigenvalue weighted by Gasteiger charge is -2.28. The Kier molecular flexibility index (Phi) is 4.52. The molecule has 1 aliphatic heterocycles. The van der Waals surface area contributed by atoms with E-state index in [0.29, 0.717) is 18.2 Å². The number of carbonyl (C=O) groups is 2. The molecule has 2 aliphatic rings. The number of carboxylic acid groups (broad SMARTS) is 1. The summed E-state index contributed by atoms with van der Waals surface area (Å²) in [7, 11) is 0. The zero-order chi connectivity index (χ0) is 14.9. The van der Waals surface area contributed by atoms with Crippen molar-refractivity contribution in [2.24, 2.45) is 11.3 Å². The normalized spacial score (nSPS) is 26.6. The third-order valence-electron chi connectivity index (χ3n) is 3.73. The fraction of sp³-hybridized carbons (Fsp3) is 0.857. The van der Waals surface area contributed by atoms with Crippen LogP contribution >= 0.6 is 11.8 Å². The zero-order valence-corrected chi connectivity index (χ0v) is 13.2. The summed E-state index contributed by atoms with van der Waals surface area (Å²) in [5.74, 6) is 0.0905. The molecule has 20 heavy (non-hydrogen) atoms. The van der Waals surface area contributed by atoms with Crippen molar-refractivity contribution < 1.29 is 14.7 Å². The zero-order valence-electron chi connectivity index (χ0n) is 12.4. The van der Waals surface area contributed by atoms with Crippen LogP contribution in [0.2, 0.25) is 0 Å². The molecule has 2 N–H and O–H groups in total. The molecule has 2 unspecified atom stereocenters. The molecular formula is C14H24N2O3S. The number of urea groups is 1. The van der Waals surface area contributed by atoms with Gasteiger partial charge in [-0.15, -0.1) is 11.8 Å². The highest BCUT2D eigenvalue weighted by atomic mass is 32.2. The van der Waals surface area contributed by atoms with Crippen molar-refractivity contribution in [2.45, 2.75) is 51.4 Å². The summed E-state index contributed by atoms with van der Waals surface area (Å²) < 4.78 is 0. The van der Waals surface area contributed by atoms with E-state index in [1.54, 1.807) is 16.7 Å². The summed E-state index contributed by atoms with van der Waals surface area (Å²) in [5, 5.41) is 12.2. The smallest absolute Gasteiger partial charge is 0.327 e. The topological polar surface area (TPSA) is 69.6 Å². The molecule has 2 amide bonds. The number of nitrogens with zero attached hydrogens (tertiary/aromatic N) is 1. The van der Waals surface area contributed by atoms with Gasteiger partial charge in [0.15, 0.2) is 0 Å². The third-order valence-corrected chi connectivity index (χ3v) is 5.19. The molecule has 1 saturated carbocycles. The highest BCUT2D eigenvalue weighted by molar-refractivity contribution is 8.00. The molecule has 114 valence electrons. The summed E-state index contributed by atoms with van der Waals surface area (Å²) in [4.78, 5) is 25.2. The van der Waals surface area contributed by atoms with Gasteiger partial charge < -0.3 is 10.4 Å². The molecule has 1 saturated heterocycles. The molecule has 6 heteroatoms. The fourth-order valence-corrected chi connectivity index (χ4v) is 3.99. The highest BCUT2D eigenvalue weighted by Gasteiger charge is 2.48. The summed E-state index contributed by atoms with van der Waals surface area (Å²) in [6.07, 6.45) is 3.09. The number of rotatable bonds is 4. The molecule has 1 heterocycles. The Labute approximate surface area is 124 Å². The molecule has 0 aromatic heterocycles. The van der Waals surface area contributed by atoms with Gasteiger partial charge in [-0.2, -0.15) is 0 Å². The quantitative estimate of drug-likeness (QED) is 0.836. The van der Waals surface area contributed by atoms with Gasteiger partial charge in [-0.3, -0.25) is 4.90 Å². The van der Waals surface area contributed by atoms with Crippen LogP contribution in [0.5, 0.6) is 0 Å². The lowest BCUT2D eigenvalue weighted by Crippen LogP contribution is -2.51. The first kappa shape index (κ1) is 15.5. The number of hydrogen-bond donors (Lipinski definition) is 2. The number of hydrogen-bond acceptors (Lipinski definition) is 3. The number of carbonyl (C=O) groups excluding carboxylic acids is 1. The van der Waals surface area contributed by atoms with Crippen molar-refractivity contribution in [3.05, 3.63) is 0 Å². The van der Waals surface area contributed by atoms with Crippen molar-refractivity contribution in [2.75, 3.05) is 12.3 Å². The van der Waals surface area contributed by atoms with Gasteiger partial charge in [0.2, 0.25) is 0 Å². The van der Waals surface area contributed by atoms with E-state index in [1.165, 1.54) is 0 Å². The van der Waals surface area contributed by atoms with Crippen molar-refractivity contribution in [1.82, 2.24) is 10.2 Å². The van der Waals surface area contributed by atoms with Gasteiger partial charge in [0.05, 0.1) is 5.37 Å². The molecule has 0 bridgehead atoms. The monoisotopic (exact) mass is 300 g/mol. The van der Waals surface area contributed by atoms with Crippen LogP contribution < -0.4 is 5.32 Å². The number of amides is 2. The predicted octanol–water partition coefficient (Wildman–Crippen LogP) is 2.37. The lowest BCUT2D eigenvalue weighted by molar-refractivity contribution is -0.141. The second kappa shape index (κ2) is 5.84. The van der Waals surface area contributed by atoms with Crippen molar-refractivity contribution >= 4 is 23.8 Å². The number of thioether (sulfide) groups is 1. The molecule has 2 fully saturated rings. The van der Waals surface area contributed by atoms with E-state index in [9.17, 15) is 14.7 Å². The second-order valence-corrected chi connectivity index (χ2v) is 8.01. The molecule has 1 aliphatic carbocycles. The van der Waals surface area contributed by atoms with Crippen molar-refractivity contribution in [1.29, 1.82) is 0 Å². The molecule has 0 aromatic rings. The van der Waals surface area contributed by atoms with Gasteiger partial charge in [0.1, 0.15) is 6.04 Å². The van der Waals surface area contributed by atoms with Gasteiger partial charge >= 0.3 is 12.0 Å². The highest BCUT2D eigenvalue weighted by Crippen LogP contribution is 2.45. The first-order chi connectivity index (χ1) is 9.29. The van der Waals surface area contributed by atoms with Gasteiger partial charge in [-0.25, -0.2) is 9.59 Å². The average Bonchev–Trinajstić information content (AvgIpc) is 3.05. The maximum atomic E-state index is 12.3. The van der Waals surface area contributed by atoms with E-state index in [1.807, 2.05) is 0 Å². The van der Waals surface area contributed by atoms with Crippen LogP contribution in [0.15, 0.2) is 0 Å². The number of aliphatic carboxylic acids is 1.